The lowest BCUT2D eigenvalue weighted by molar-refractivity contribution is 0.0991. The van der Waals surface area contributed by atoms with Crippen molar-refractivity contribution in [2.24, 2.45) is 0 Å². The number of nitrogens with zero attached hydrogens (tertiary/aromatic N) is 2. The van der Waals surface area contributed by atoms with Gasteiger partial charge in [-0.05, 0) is 37.1 Å². The number of aryl methyl sites for hydroxylation is 2. The number of rotatable bonds is 4. The molecule has 0 fully saturated rings. The zero-order valence-corrected chi connectivity index (χ0v) is 12.0. The quantitative estimate of drug-likeness (QED) is 0.809. The van der Waals surface area contributed by atoms with Gasteiger partial charge >= 0.3 is 0 Å². The molecule has 0 saturated carbocycles. The van der Waals surface area contributed by atoms with E-state index < -0.39 is 5.82 Å². The summed E-state index contributed by atoms with van der Waals surface area (Å²) in [7, 11) is 0. The molecule has 1 aromatic carbocycles. The van der Waals surface area contributed by atoms with Crippen LogP contribution in [0.2, 0.25) is 5.02 Å². The molecule has 0 spiro atoms. The Morgan fingerprint density at radius 3 is 2.70 bits per heavy atom. The Hall–Kier alpha value is -1.81. The fourth-order valence-electron chi connectivity index (χ4n) is 1.95. The molecule has 0 aliphatic carbocycles. The Balaban J connectivity index is 2.27. The van der Waals surface area contributed by atoms with E-state index in [1.165, 1.54) is 12.1 Å². The fourth-order valence-corrected chi connectivity index (χ4v) is 2.06. The first-order valence-electron chi connectivity index (χ1n) is 6.31. The molecule has 0 N–H and O–H groups in total. The van der Waals surface area contributed by atoms with Crippen LogP contribution < -0.4 is 0 Å². The van der Waals surface area contributed by atoms with Gasteiger partial charge in [0.05, 0.1) is 16.4 Å². The molecule has 20 heavy (non-hydrogen) atoms. The Labute approximate surface area is 121 Å². The van der Waals surface area contributed by atoms with Gasteiger partial charge in [-0.1, -0.05) is 24.6 Å². The summed E-state index contributed by atoms with van der Waals surface area (Å²) in [4.78, 5) is 12.3. The standard InChI is InChI=1S/C15H14ClFN2O/c1-3-14-11(6-9(2)18-19-14)15(20)8-10-4-5-12(16)13(17)7-10/h4-7H,3,8H2,1-2H3. The number of benzene rings is 1. The molecular formula is C15H14ClFN2O. The van der Waals surface area contributed by atoms with E-state index in [-0.39, 0.29) is 17.2 Å². The van der Waals surface area contributed by atoms with Crippen LogP contribution >= 0.6 is 11.6 Å². The third-order valence-electron chi connectivity index (χ3n) is 2.98. The second kappa shape index (κ2) is 6.09. The van der Waals surface area contributed by atoms with Gasteiger partial charge in [-0.3, -0.25) is 4.79 Å². The summed E-state index contributed by atoms with van der Waals surface area (Å²) in [5, 5.41) is 8.02. The third-order valence-corrected chi connectivity index (χ3v) is 3.28. The summed E-state index contributed by atoms with van der Waals surface area (Å²) in [5.74, 6) is -0.613. The van der Waals surface area contributed by atoms with Crippen LogP contribution in [-0.2, 0) is 12.8 Å². The van der Waals surface area contributed by atoms with E-state index in [2.05, 4.69) is 10.2 Å². The molecule has 2 aromatic rings. The smallest absolute Gasteiger partial charge is 0.169 e. The highest BCUT2D eigenvalue weighted by atomic mass is 35.5. The maximum absolute atomic E-state index is 13.4. The average molecular weight is 293 g/mol. The Kier molecular flexibility index (Phi) is 4.45. The van der Waals surface area contributed by atoms with Crippen LogP contribution in [0.4, 0.5) is 4.39 Å². The van der Waals surface area contributed by atoms with Crippen molar-refractivity contribution in [2.75, 3.05) is 0 Å². The predicted octanol–water partition coefficient (Wildman–Crippen LogP) is 3.57. The van der Waals surface area contributed by atoms with E-state index in [0.717, 1.165) is 0 Å². The average Bonchev–Trinajstić information content (AvgIpc) is 2.43. The molecule has 0 radical (unpaired) electrons. The first kappa shape index (κ1) is 14.6. The zero-order valence-electron chi connectivity index (χ0n) is 11.3. The summed E-state index contributed by atoms with van der Waals surface area (Å²) in [6.07, 6.45) is 0.746. The van der Waals surface area contributed by atoms with Crippen molar-refractivity contribution in [3.05, 3.63) is 57.6 Å². The topological polar surface area (TPSA) is 42.9 Å². The van der Waals surface area contributed by atoms with Gasteiger partial charge in [-0.2, -0.15) is 10.2 Å². The monoisotopic (exact) mass is 292 g/mol. The van der Waals surface area contributed by atoms with Crippen molar-refractivity contribution in [1.82, 2.24) is 10.2 Å². The van der Waals surface area contributed by atoms with Gasteiger partial charge in [0.1, 0.15) is 5.82 Å². The van der Waals surface area contributed by atoms with Crippen LogP contribution in [-0.4, -0.2) is 16.0 Å². The molecule has 0 atom stereocenters. The van der Waals surface area contributed by atoms with Crippen LogP contribution in [0.15, 0.2) is 24.3 Å². The second-order valence-corrected chi connectivity index (χ2v) is 4.96. The lowest BCUT2D eigenvalue weighted by atomic mass is 10.0. The number of halogens is 2. The second-order valence-electron chi connectivity index (χ2n) is 4.55. The maximum atomic E-state index is 13.4. The Morgan fingerprint density at radius 1 is 1.30 bits per heavy atom. The van der Waals surface area contributed by atoms with Crippen LogP contribution in [0.5, 0.6) is 0 Å². The Bertz CT molecular complexity index is 658. The van der Waals surface area contributed by atoms with Crippen LogP contribution in [0, 0.1) is 12.7 Å². The maximum Gasteiger partial charge on any atom is 0.169 e. The van der Waals surface area contributed by atoms with E-state index in [1.54, 1.807) is 19.1 Å². The molecule has 104 valence electrons. The minimum Gasteiger partial charge on any atom is -0.294 e. The molecule has 0 aliphatic heterocycles. The molecule has 2 rings (SSSR count). The van der Waals surface area contributed by atoms with Gasteiger partial charge < -0.3 is 0 Å². The number of ketones is 1. The number of carbonyl (C=O) groups excluding carboxylic acids is 1. The molecule has 0 amide bonds. The first-order chi connectivity index (χ1) is 9.51. The molecule has 0 saturated heterocycles. The van der Waals surface area contributed by atoms with E-state index >= 15 is 0 Å². The van der Waals surface area contributed by atoms with E-state index in [1.807, 2.05) is 6.92 Å². The van der Waals surface area contributed by atoms with Gasteiger partial charge in [0.15, 0.2) is 5.78 Å². The number of carbonyl (C=O) groups is 1. The third kappa shape index (κ3) is 3.20. The molecule has 0 bridgehead atoms. The minimum absolute atomic E-state index is 0.0527. The number of Topliss-reactive ketones (excluding diaryl/α,β-unsaturated/α-hetero) is 1. The molecular weight excluding hydrogens is 279 g/mol. The molecule has 0 unspecified atom stereocenters. The van der Waals surface area contributed by atoms with Crippen molar-refractivity contribution in [1.29, 1.82) is 0 Å². The summed E-state index contributed by atoms with van der Waals surface area (Å²) in [6.45, 7) is 3.70. The van der Waals surface area contributed by atoms with Crippen molar-refractivity contribution in [2.45, 2.75) is 26.7 Å². The van der Waals surface area contributed by atoms with Gasteiger partial charge in [-0.15, -0.1) is 0 Å². The highest BCUT2D eigenvalue weighted by Gasteiger charge is 2.14. The van der Waals surface area contributed by atoms with Crippen molar-refractivity contribution < 1.29 is 9.18 Å². The Morgan fingerprint density at radius 2 is 2.05 bits per heavy atom. The summed E-state index contributed by atoms with van der Waals surface area (Å²) >= 11 is 5.62. The van der Waals surface area contributed by atoms with Gasteiger partial charge in [0.2, 0.25) is 0 Å². The van der Waals surface area contributed by atoms with Crippen molar-refractivity contribution in [3.63, 3.8) is 0 Å². The number of hydrogen-bond acceptors (Lipinski definition) is 3. The van der Waals surface area contributed by atoms with E-state index in [4.69, 9.17) is 11.6 Å². The largest absolute Gasteiger partial charge is 0.294 e. The molecule has 3 nitrogen and oxygen atoms in total. The molecule has 1 heterocycles. The molecule has 1 aromatic heterocycles. The summed E-state index contributed by atoms with van der Waals surface area (Å²) in [5.41, 5.74) is 2.49. The highest BCUT2D eigenvalue weighted by Crippen LogP contribution is 2.18. The number of aromatic nitrogens is 2. The normalized spacial score (nSPS) is 10.6. The van der Waals surface area contributed by atoms with Gasteiger partial charge in [-0.25, -0.2) is 4.39 Å². The number of hydrogen-bond donors (Lipinski definition) is 0. The lowest BCUT2D eigenvalue weighted by Gasteiger charge is -2.07. The molecule has 5 heteroatoms. The lowest BCUT2D eigenvalue weighted by Crippen LogP contribution is -2.10. The minimum atomic E-state index is -0.517. The zero-order chi connectivity index (χ0) is 14.7. The van der Waals surface area contributed by atoms with Gasteiger partial charge in [0.25, 0.3) is 0 Å². The van der Waals surface area contributed by atoms with Crippen molar-refractivity contribution >= 4 is 17.4 Å². The summed E-state index contributed by atoms with van der Waals surface area (Å²) in [6, 6.07) is 6.11. The van der Waals surface area contributed by atoms with E-state index in [9.17, 15) is 9.18 Å². The van der Waals surface area contributed by atoms with Crippen LogP contribution in [0.25, 0.3) is 0 Å². The van der Waals surface area contributed by atoms with Crippen LogP contribution in [0.1, 0.15) is 34.2 Å². The van der Waals surface area contributed by atoms with Crippen LogP contribution in [0.3, 0.4) is 0 Å². The van der Waals surface area contributed by atoms with Gasteiger partial charge in [0, 0.05) is 12.0 Å². The summed E-state index contributed by atoms with van der Waals surface area (Å²) < 4.78 is 13.4. The first-order valence-corrected chi connectivity index (χ1v) is 6.69. The SMILES string of the molecule is CCc1nnc(C)cc1C(=O)Cc1ccc(Cl)c(F)c1. The van der Waals surface area contributed by atoms with Crippen molar-refractivity contribution in [3.8, 4) is 0 Å². The predicted molar refractivity (Wildman–Crippen MR) is 75.6 cm³/mol. The molecule has 0 aliphatic rings. The van der Waals surface area contributed by atoms with E-state index in [0.29, 0.717) is 28.9 Å². The highest BCUT2D eigenvalue weighted by molar-refractivity contribution is 6.30. The fraction of sp³-hybridized carbons (Fsp3) is 0.267.